The molecule has 1 aromatic carbocycles. The molecule has 0 heterocycles. The molecule has 8 heteroatoms. The third-order valence-corrected chi connectivity index (χ3v) is 4.14. The van der Waals surface area contributed by atoms with Crippen molar-refractivity contribution >= 4 is 17.1 Å². The van der Waals surface area contributed by atoms with Crippen LogP contribution < -0.4 is 4.74 Å². The van der Waals surface area contributed by atoms with Crippen LogP contribution in [-0.4, -0.2) is 28.0 Å². The first-order chi connectivity index (χ1) is 10.6. The topological polar surface area (TPSA) is 44.7 Å². The molecule has 0 spiro atoms. The fourth-order valence-electron chi connectivity index (χ4n) is 1.58. The van der Waals surface area contributed by atoms with Gasteiger partial charge >= 0.3 is 6.61 Å². The minimum Gasteiger partial charge on any atom is -0.591 e. The minimum atomic E-state index is -2.99. The summed E-state index contributed by atoms with van der Waals surface area (Å²) in [5, 5.41) is 0. The number of rotatable bonds is 7. The van der Waals surface area contributed by atoms with Gasteiger partial charge in [0, 0.05) is 18.4 Å². The normalized spacial score (nSPS) is 14.4. The van der Waals surface area contributed by atoms with Crippen molar-refractivity contribution in [2.45, 2.75) is 51.4 Å². The number of hydrogen-bond acceptors (Lipinski definition) is 3. The number of halogens is 4. The van der Waals surface area contributed by atoms with Crippen LogP contribution in [0.4, 0.5) is 17.6 Å². The van der Waals surface area contributed by atoms with E-state index in [1.54, 1.807) is 20.8 Å². The first-order valence-corrected chi connectivity index (χ1v) is 8.03. The molecule has 0 amide bonds. The maximum Gasteiger partial charge on any atom is 0.387 e. The fourth-order valence-corrected chi connectivity index (χ4v) is 2.25. The highest BCUT2D eigenvalue weighted by Crippen LogP contribution is 2.23. The maximum atomic E-state index is 12.5. The Labute approximate surface area is 136 Å². The Bertz CT molecular complexity index is 532. The monoisotopic (exact) mass is 353 g/mol. The molecule has 0 radical (unpaired) electrons. The highest BCUT2D eigenvalue weighted by Gasteiger charge is 2.27. The van der Waals surface area contributed by atoms with Crippen molar-refractivity contribution < 1.29 is 26.9 Å². The first kappa shape index (κ1) is 19.8. The fraction of sp³-hybridized carbons (Fsp3) is 0.533. The van der Waals surface area contributed by atoms with Gasteiger partial charge in [-0.2, -0.15) is 8.78 Å². The van der Waals surface area contributed by atoms with Gasteiger partial charge in [0.1, 0.15) is 21.9 Å². The highest BCUT2D eigenvalue weighted by molar-refractivity contribution is 7.91. The average molecular weight is 353 g/mol. The van der Waals surface area contributed by atoms with Crippen molar-refractivity contribution in [2.75, 3.05) is 0 Å². The van der Waals surface area contributed by atoms with Gasteiger partial charge in [-0.3, -0.25) is 0 Å². The van der Waals surface area contributed by atoms with Crippen molar-refractivity contribution in [2.24, 2.45) is 4.40 Å². The maximum absolute atomic E-state index is 12.5. The Balaban J connectivity index is 3.11. The largest absolute Gasteiger partial charge is 0.591 e. The average Bonchev–Trinajstić information content (AvgIpc) is 2.41. The molecule has 0 fully saturated rings. The SMILES string of the molecule is CC(C)(C)[S@+]([O-])N=C(CCC(F)F)c1cccc(OC(F)F)c1. The lowest BCUT2D eigenvalue weighted by molar-refractivity contribution is -0.0498. The molecule has 3 nitrogen and oxygen atoms in total. The standard InChI is InChI=1S/C15H19F4NO2S/c1-15(2,3)23(21)20-12(7-8-13(16)17)10-5-4-6-11(9-10)22-14(18)19/h4-6,9,13-14H,7-8H2,1-3H3/t23-/m0/s1. The number of ether oxygens (including phenoxy) is 1. The summed E-state index contributed by atoms with van der Waals surface area (Å²) in [6, 6.07) is 5.57. The highest BCUT2D eigenvalue weighted by atomic mass is 32.2. The summed E-state index contributed by atoms with van der Waals surface area (Å²) in [6.07, 6.45) is -3.11. The Morgan fingerprint density at radius 1 is 1.26 bits per heavy atom. The molecule has 0 aliphatic carbocycles. The van der Waals surface area contributed by atoms with Gasteiger partial charge in [0.15, 0.2) is 0 Å². The van der Waals surface area contributed by atoms with Gasteiger partial charge in [-0.1, -0.05) is 16.5 Å². The van der Waals surface area contributed by atoms with Gasteiger partial charge in [0.05, 0.1) is 5.71 Å². The summed E-state index contributed by atoms with van der Waals surface area (Å²) in [6.45, 7) is 2.12. The first-order valence-electron chi connectivity index (χ1n) is 6.92. The Morgan fingerprint density at radius 3 is 2.43 bits per heavy atom. The van der Waals surface area contributed by atoms with E-state index in [9.17, 15) is 22.1 Å². The molecule has 1 aromatic rings. The Morgan fingerprint density at radius 2 is 1.91 bits per heavy atom. The molecule has 1 rings (SSSR count). The molecule has 0 unspecified atom stereocenters. The molecule has 0 saturated heterocycles. The number of alkyl halides is 4. The second kappa shape index (κ2) is 8.54. The predicted molar refractivity (Wildman–Crippen MR) is 82.7 cm³/mol. The summed E-state index contributed by atoms with van der Waals surface area (Å²) in [5.74, 6) is -0.108. The molecule has 0 aromatic heterocycles. The summed E-state index contributed by atoms with van der Waals surface area (Å²) >= 11 is -1.65. The molecular weight excluding hydrogens is 334 g/mol. The van der Waals surface area contributed by atoms with Crippen molar-refractivity contribution in [3.05, 3.63) is 29.8 Å². The molecule has 130 valence electrons. The van der Waals surface area contributed by atoms with E-state index in [0.717, 1.165) is 0 Å². The third kappa shape index (κ3) is 7.22. The summed E-state index contributed by atoms with van der Waals surface area (Å²) in [4.78, 5) is 0. The lowest BCUT2D eigenvalue weighted by Crippen LogP contribution is -2.27. The van der Waals surface area contributed by atoms with Gasteiger partial charge in [-0.05, 0) is 32.9 Å². The van der Waals surface area contributed by atoms with Crippen LogP contribution in [0, 0.1) is 0 Å². The van der Waals surface area contributed by atoms with Crippen LogP contribution in [0.5, 0.6) is 5.75 Å². The molecular formula is C15H19F4NO2S. The van der Waals surface area contributed by atoms with Crippen LogP contribution in [0.2, 0.25) is 0 Å². The zero-order valence-corrected chi connectivity index (χ0v) is 13.9. The zero-order chi connectivity index (χ0) is 17.6. The lowest BCUT2D eigenvalue weighted by atomic mass is 10.1. The Kier molecular flexibility index (Phi) is 7.34. The number of hydrogen-bond donors (Lipinski definition) is 0. The van der Waals surface area contributed by atoms with E-state index in [4.69, 9.17) is 0 Å². The third-order valence-electron chi connectivity index (χ3n) is 2.71. The van der Waals surface area contributed by atoms with Crippen LogP contribution in [0.3, 0.4) is 0 Å². The van der Waals surface area contributed by atoms with Gasteiger partial charge in [-0.15, -0.1) is 0 Å². The molecule has 0 N–H and O–H groups in total. The van der Waals surface area contributed by atoms with Crippen molar-refractivity contribution in [3.63, 3.8) is 0 Å². The summed E-state index contributed by atoms with van der Waals surface area (Å²) in [7, 11) is 0. The molecule has 0 aliphatic heterocycles. The van der Waals surface area contributed by atoms with Crippen LogP contribution in [0.1, 0.15) is 39.2 Å². The smallest absolute Gasteiger partial charge is 0.387 e. The molecule has 1 atom stereocenters. The van der Waals surface area contributed by atoms with Gasteiger partial charge < -0.3 is 9.29 Å². The van der Waals surface area contributed by atoms with Gasteiger partial charge in [-0.25, -0.2) is 8.78 Å². The number of nitrogens with zero attached hydrogens (tertiary/aromatic N) is 1. The number of benzene rings is 1. The van der Waals surface area contributed by atoms with Crippen LogP contribution in [0.15, 0.2) is 28.7 Å². The lowest BCUT2D eigenvalue weighted by Gasteiger charge is -2.19. The van der Waals surface area contributed by atoms with E-state index in [2.05, 4.69) is 9.13 Å². The Hall–Kier alpha value is -1.28. The van der Waals surface area contributed by atoms with Crippen molar-refractivity contribution in [3.8, 4) is 5.75 Å². The van der Waals surface area contributed by atoms with E-state index in [1.165, 1.54) is 24.3 Å². The zero-order valence-electron chi connectivity index (χ0n) is 13.1. The van der Waals surface area contributed by atoms with E-state index in [-0.39, 0.29) is 17.9 Å². The quantitative estimate of drug-likeness (QED) is 0.409. The summed E-state index contributed by atoms with van der Waals surface area (Å²) in [5.41, 5.74) is 0.514. The van der Waals surface area contributed by atoms with Crippen LogP contribution in [-0.2, 0) is 11.4 Å². The van der Waals surface area contributed by atoms with E-state index in [0.29, 0.717) is 5.56 Å². The molecule has 0 aliphatic rings. The summed E-state index contributed by atoms with van der Waals surface area (Å²) < 4.78 is 69.3. The van der Waals surface area contributed by atoms with Crippen molar-refractivity contribution in [1.82, 2.24) is 0 Å². The molecule has 0 saturated carbocycles. The van der Waals surface area contributed by atoms with E-state index >= 15 is 0 Å². The second-order valence-electron chi connectivity index (χ2n) is 5.74. The van der Waals surface area contributed by atoms with E-state index in [1.807, 2.05) is 0 Å². The van der Waals surface area contributed by atoms with E-state index < -0.39 is 35.6 Å². The second-order valence-corrected chi connectivity index (χ2v) is 7.64. The van der Waals surface area contributed by atoms with Crippen molar-refractivity contribution in [1.29, 1.82) is 0 Å². The minimum absolute atomic E-state index is 0.108. The van der Waals surface area contributed by atoms with Gasteiger partial charge in [0.25, 0.3) is 0 Å². The molecule has 0 bridgehead atoms. The van der Waals surface area contributed by atoms with Crippen LogP contribution in [0.25, 0.3) is 0 Å². The van der Waals surface area contributed by atoms with Crippen LogP contribution >= 0.6 is 0 Å². The van der Waals surface area contributed by atoms with Gasteiger partial charge in [0.2, 0.25) is 6.43 Å². The molecule has 23 heavy (non-hydrogen) atoms. The predicted octanol–water partition coefficient (Wildman–Crippen LogP) is 4.58.